The third-order valence-electron chi connectivity index (χ3n) is 5.59. The Morgan fingerprint density at radius 1 is 0.941 bits per heavy atom. The Bertz CT molecular complexity index is 1190. The molecule has 0 fully saturated rings. The highest BCUT2D eigenvalue weighted by Crippen LogP contribution is 2.30. The summed E-state index contributed by atoms with van der Waals surface area (Å²) in [6, 6.07) is 17.7. The lowest BCUT2D eigenvalue weighted by Crippen LogP contribution is -2.32. The van der Waals surface area contributed by atoms with E-state index in [2.05, 4.69) is 5.32 Å². The van der Waals surface area contributed by atoms with Crippen LogP contribution in [-0.4, -0.2) is 44.7 Å². The molecule has 0 atom stereocenters. The van der Waals surface area contributed by atoms with Crippen LogP contribution in [0.5, 0.6) is 23.0 Å². The zero-order valence-electron chi connectivity index (χ0n) is 19.3. The molecule has 8 heteroatoms. The second-order valence-electron chi connectivity index (χ2n) is 7.72. The van der Waals surface area contributed by atoms with Gasteiger partial charge in [-0.1, -0.05) is 0 Å². The number of ether oxygens (including phenoxy) is 4. The molecule has 0 aromatic heterocycles. The van der Waals surface area contributed by atoms with E-state index in [4.69, 9.17) is 18.9 Å². The summed E-state index contributed by atoms with van der Waals surface area (Å²) in [6.07, 6.45) is 0. The van der Waals surface area contributed by atoms with Gasteiger partial charge in [0, 0.05) is 41.5 Å². The maximum absolute atomic E-state index is 12.8. The Balaban J connectivity index is 1.52. The maximum Gasteiger partial charge on any atom is 0.261 e. The molecule has 4 rings (SSSR count). The number of carbonyl (C=O) groups is 2. The summed E-state index contributed by atoms with van der Waals surface area (Å²) in [6.45, 7) is 0.607. The SMILES string of the molecule is COc1ccc(C(=O)Nc2ccc3c(c2)CN(Cc2ccc(OC)cc2OC)C(=O)CO3)cc1. The van der Waals surface area contributed by atoms with Gasteiger partial charge in [-0.25, -0.2) is 0 Å². The molecular weight excluding hydrogens is 436 g/mol. The average Bonchev–Trinajstić information content (AvgIpc) is 3.02. The molecule has 176 valence electrons. The normalized spacial score (nSPS) is 12.8. The molecule has 0 unspecified atom stereocenters. The Morgan fingerprint density at radius 3 is 2.38 bits per heavy atom. The zero-order chi connectivity index (χ0) is 24.1. The second-order valence-corrected chi connectivity index (χ2v) is 7.72. The molecule has 3 aromatic rings. The predicted molar refractivity (Wildman–Crippen MR) is 127 cm³/mol. The first-order valence-corrected chi connectivity index (χ1v) is 10.7. The Kier molecular flexibility index (Phi) is 6.87. The van der Waals surface area contributed by atoms with Crippen molar-refractivity contribution in [1.29, 1.82) is 0 Å². The van der Waals surface area contributed by atoms with Gasteiger partial charge < -0.3 is 29.2 Å². The molecule has 0 aliphatic carbocycles. The number of anilines is 1. The standard InChI is InChI=1S/C26H26N2O6/c1-31-21-8-4-17(5-9-21)26(30)27-20-7-11-23-19(12-20)15-28(25(29)16-34-23)14-18-6-10-22(32-2)13-24(18)33-3/h4-13H,14-16H2,1-3H3,(H,27,30). The highest BCUT2D eigenvalue weighted by atomic mass is 16.5. The van der Waals surface area contributed by atoms with Gasteiger partial charge in [-0.2, -0.15) is 0 Å². The quantitative estimate of drug-likeness (QED) is 0.574. The van der Waals surface area contributed by atoms with Crippen molar-refractivity contribution in [2.45, 2.75) is 13.1 Å². The summed E-state index contributed by atoms with van der Waals surface area (Å²) in [5.41, 5.74) is 2.77. The molecule has 0 spiro atoms. The van der Waals surface area contributed by atoms with Gasteiger partial charge in [-0.3, -0.25) is 9.59 Å². The summed E-state index contributed by atoms with van der Waals surface area (Å²) in [5.74, 6) is 2.22. The number of nitrogens with one attached hydrogen (secondary N) is 1. The first-order valence-electron chi connectivity index (χ1n) is 10.7. The second kappa shape index (κ2) is 10.2. The molecule has 0 saturated carbocycles. The first kappa shape index (κ1) is 23.0. The highest BCUT2D eigenvalue weighted by Gasteiger charge is 2.23. The Hall–Kier alpha value is -4.20. The number of amides is 2. The van der Waals surface area contributed by atoms with Crippen molar-refractivity contribution in [1.82, 2.24) is 4.90 Å². The zero-order valence-corrected chi connectivity index (χ0v) is 19.3. The predicted octanol–water partition coefficient (Wildman–Crippen LogP) is 3.89. The number of carbonyl (C=O) groups excluding carboxylic acids is 2. The lowest BCUT2D eigenvalue weighted by molar-refractivity contribution is -0.133. The number of hydrogen-bond donors (Lipinski definition) is 1. The summed E-state index contributed by atoms with van der Waals surface area (Å²) >= 11 is 0. The molecule has 1 N–H and O–H groups in total. The fraction of sp³-hybridized carbons (Fsp3) is 0.231. The lowest BCUT2D eigenvalue weighted by Gasteiger charge is -2.22. The van der Waals surface area contributed by atoms with Crippen LogP contribution in [-0.2, 0) is 17.9 Å². The van der Waals surface area contributed by atoms with Crippen molar-refractivity contribution >= 4 is 17.5 Å². The van der Waals surface area contributed by atoms with Crippen LogP contribution in [0.2, 0.25) is 0 Å². The summed E-state index contributed by atoms with van der Waals surface area (Å²) in [4.78, 5) is 27.1. The van der Waals surface area contributed by atoms with Crippen molar-refractivity contribution in [3.63, 3.8) is 0 Å². The first-order chi connectivity index (χ1) is 16.5. The molecule has 0 saturated heterocycles. The number of rotatable bonds is 7. The Morgan fingerprint density at radius 2 is 1.68 bits per heavy atom. The number of fused-ring (bicyclic) bond motifs is 1. The van der Waals surface area contributed by atoms with Crippen LogP contribution in [0.1, 0.15) is 21.5 Å². The molecule has 1 heterocycles. The van der Waals surface area contributed by atoms with E-state index < -0.39 is 0 Å². The third kappa shape index (κ3) is 5.06. The van der Waals surface area contributed by atoms with Crippen molar-refractivity contribution in [2.24, 2.45) is 0 Å². The van der Waals surface area contributed by atoms with E-state index in [1.54, 1.807) is 68.7 Å². The molecule has 0 bridgehead atoms. The average molecular weight is 463 g/mol. The number of methoxy groups -OCH3 is 3. The molecule has 34 heavy (non-hydrogen) atoms. The number of benzene rings is 3. The van der Waals surface area contributed by atoms with E-state index >= 15 is 0 Å². The highest BCUT2D eigenvalue weighted by molar-refractivity contribution is 6.04. The minimum atomic E-state index is -0.243. The van der Waals surface area contributed by atoms with Crippen molar-refractivity contribution in [3.05, 3.63) is 77.4 Å². The Labute approximate surface area is 198 Å². The van der Waals surface area contributed by atoms with Crippen LogP contribution in [0.3, 0.4) is 0 Å². The van der Waals surface area contributed by atoms with E-state index in [1.807, 2.05) is 18.2 Å². The molecule has 0 radical (unpaired) electrons. The minimum Gasteiger partial charge on any atom is -0.497 e. The molecule has 1 aliphatic heterocycles. The minimum absolute atomic E-state index is 0.0664. The van der Waals surface area contributed by atoms with Crippen LogP contribution < -0.4 is 24.3 Å². The largest absolute Gasteiger partial charge is 0.497 e. The summed E-state index contributed by atoms with van der Waals surface area (Å²) in [7, 11) is 4.75. The van der Waals surface area contributed by atoms with Gasteiger partial charge in [0.1, 0.15) is 23.0 Å². The van der Waals surface area contributed by atoms with Crippen LogP contribution in [0.15, 0.2) is 60.7 Å². The van der Waals surface area contributed by atoms with E-state index in [-0.39, 0.29) is 18.4 Å². The smallest absolute Gasteiger partial charge is 0.261 e. The van der Waals surface area contributed by atoms with Gasteiger partial charge in [0.05, 0.1) is 21.3 Å². The van der Waals surface area contributed by atoms with Crippen LogP contribution in [0.25, 0.3) is 0 Å². The van der Waals surface area contributed by atoms with E-state index in [9.17, 15) is 9.59 Å². The van der Waals surface area contributed by atoms with Crippen molar-refractivity contribution < 1.29 is 28.5 Å². The topological polar surface area (TPSA) is 86.3 Å². The fourth-order valence-corrected chi connectivity index (χ4v) is 3.72. The van der Waals surface area contributed by atoms with Gasteiger partial charge in [-0.05, 0) is 54.6 Å². The lowest BCUT2D eigenvalue weighted by atomic mass is 10.1. The third-order valence-corrected chi connectivity index (χ3v) is 5.59. The van der Waals surface area contributed by atoms with Gasteiger partial charge >= 0.3 is 0 Å². The van der Waals surface area contributed by atoms with Crippen LogP contribution >= 0.6 is 0 Å². The van der Waals surface area contributed by atoms with Crippen molar-refractivity contribution in [3.8, 4) is 23.0 Å². The van der Waals surface area contributed by atoms with Crippen molar-refractivity contribution in [2.75, 3.05) is 33.3 Å². The van der Waals surface area contributed by atoms with Crippen LogP contribution in [0, 0.1) is 0 Å². The van der Waals surface area contributed by atoms with E-state index in [0.29, 0.717) is 47.3 Å². The molecular formula is C26H26N2O6. The van der Waals surface area contributed by atoms with E-state index in [1.165, 1.54) is 0 Å². The molecule has 3 aromatic carbocycles. The molecule has 1 aliphatic rings. The summed E-state index contributed by atoms with van der Waals surface area (Å²) in [5, 5.41) is 2.90. The fourth-order valence-electron chi connectivity index (χ4n) is 3.72. The molecule has 2 amide bonds. The van der Waals surface area contributed by atoms with E-state index in [0.717, 1.165) is 11.1 Å². The van der Waals surface area contributed by atoms with Gasteiger partial charge in [0.15, 0.2) is 6.61 Å². The number of hydrogen-bond acceptors (Lipinski definition) is 6. The van der Waals surface area contributed by atoms with Crippen LogP contribution in [0.4, 0.5) is 5.69 Å². The summed E-state index contributed by atoms with van der Waals surface area (Å²) < 4.78 is 21.6. The number of nitrogens with zero attached hydrogens (tertiary/aromatic N) is 1. The van der Waals surface area contributed by atoms with Gasteiger partial charge in [0.25, 0.3) is 11.8 Å². The molecule has 8 nitrogen and oxygen atoms in total. The van der Waals surface area contributed by atoms with Gasteiger partial charge in [0.2, 0.25) is 0 Å². The van der Waals surface area contributed by atoms with Gasteiger partial charge in [-0.15, -0.1) is 0 Å². The maximum atomic E-state index is 12.8. The monoisotopic (exact) mass is 462 g/mol.